The van der Waals surface area contributed by atoms with Crippen LogP contribution in [0.4, 0.5) is 0 Å². The maximum atomic E-state index is 6.15. The van der Waals surface area contributed by atoms with Crippen molar-refractivity contribution >= 4 is 33.5 Å². The second kappa shape index (κ2) is 7.07. The van der Waals surface area contributed by atoms with Gasteiger partial charge in [-0.1, -0.05) is 35.0 Å². The molecular weight excluding hydrogens is 410 g/mol. The first-order chi connectivity index (χ1) is 15.2. The van der Waals surface area contributed by atoms with Crippen LogP contribution in [0.1, 0.15) is 5.56 Å². The summed E-state index contributed by atoms with van der Waals surface area (Å²) in [4.78, 5) is 0. The number of fused-ring (bicyclic) bond motifs is 2. The van der Waals surface area contributed by atoms with Gasteiger partial charge >= 0.3 is 0 Å². The van der Waals surface area contributed by atoms with Gasteiger partial charge in [0.15, 0.2) is 0 Å². The van der Waals surface area contributed by atoms with E-state index in [1.54, 1.807) is 6.20 Å². The topological polar surface area (TPSA) is 77.2 Å². The molecule has 31 heavy (non-hydrogen) atoms. The molecule has 0 atom stereocenters. The predicted molar refractivity (Wildman–Crippen MR) is 120 cm³/mol. The van der Waals surface area contributed by atoms with Gasteiger partial charge in [-0.15, -0.1) is 5.10 Å². The Labute approximate surface area is 181 Å². The first-order valence-corrected chi connectivity index (χ1v) is 10.2. The Morgan fingerprint density at radius 2 is 1.94 bits per heavy atom. The molecule has 6 aromatic rings. The third kappa shape index (κ3) is 3.15. The summed E-state index contributed by atoms with van der Waals surface area (Å²) < 4.78 is 3.81. The summed E-state index contributed by atoms with van der Waals surface area (Å²) in [7, 11) is 0. The van der Waals surface area contributed by atoms with Crippen LogP contribution in [0, 0.1) is 0 Å². The fraction of sp³-hybridized carbons (Fsp3) is 0.0435. The molecule has 6 rings (SSSR count). The smallest absolute Gasteiger partial charge is 0.113 e. The van der Waals surface area contributed by atoms with Gasteiger partial charge in [-0.05, 0) is 54.1 Å². The Balaban J connectivity index is 1.42. The Morgan fingerprint density at radius 3 is 2.87 bits per heavy atom. The molecule has 0 saturated heterocycles. The highest BCUT2D eigenvalue weighted by molar-refractivity contribution is 6.30. The summed E-state index contributed by atoms with van der Waals surface area (Å²) in [5.74, 6) is 0. The summed E-state index contributed by atoms with van der Waals surface area (Å²) in [5.41, 5.74) is 6.77. The Hall–Kier alpha value is -3.97. The van der Waals surface area contributed by atoms with Crippen LogP contribution >= 0.6 is 11.6 Å². The summed E-state index contributed by atoms with van der Waals surface area (Å²) in [6, 6.07) is 22.0. The Bertz CT molecular complexity index is 1540. The van der Waals surface area contributed by atoms with Crippen molar-refractivity contribution in [3.8, 4) is 16.9 Å². The molecule has 0 fully saturated rings. The van der Waals surface area contributed by atoms with Crippen molar-refractivity contribution in [2.24, 2.45) is 0 Å². The number of benzene rings is 3. The lowest BCUT2D eigenvalue weighted by molar-refractivity contribution is 0.694. The maximum Gasteiger partial charge on any atom is 0.113 e. The molecule has 0 saturated carbocycles. The highest BCUT2D eigenvalue weighted by atomic mass is 35.5. The summed E-state index contributed by atoms with van der Waals surface area (Å²) in [5, 5.41) is 22.1. The molecule has 150 valence electrons. The van der Waals surface area contributed by atoms with E-state index in [-0.39, 0.29) is 0 Å². The van der Waals surface area contributed by atoms with E-state index in [0.717, 1.165) is 49.5 Å². The first-order valence-electron chi connectivity index (χ1n) is 9.80. The number of nitrogens with one attached hydrogen (secondary N) is 1. The SMILES string of the molecule is Clc1cccc(Cn2nccc2-c2ccc3nnn(-c4ccc5cn[nH]c5c4)c3c2)c1. The molecule has 0 aliphatic rings. The third-order valence-electron chi connectivity index (χ3n) is 5.35. The lowest BCUT2D eigenvalue weighted by Crippen LogP contribution is -2.03. The minimum absolute atomic E-state index is 0.634. The highest BCUT2D eigenvalue weighted by Crippen LogP contribution is 2.26. The van der Waals surface area contributed by atoms with E-state index in [0.29, 0.717) is 6.54 Å². The van der Waals surface area contributed by atoms with Crippen molar-refractivity contribution in [2.75, 3.05) is 0 Å². The van der Waals surface area contributed by atoms with E-state index < -0.39 is 0 Å². The van der Waals surface area contributed by atoms with Gasteiger partial charge in [0.25, 0.3) is 0 Å². The van der Waals surface area contributed by atoms with Crippen molar-refractivity contribution in [3.63, 3.8) is 0 Å². The van der Waals surface area contributed by atoms with Crippen LogP contribution in [0.3, 0.4) is 0 Å². The molecule has 3 aromatic carbocycles. The van der Waals surface area contributed by atoms with Crippen LogP contribution < -0.4 is 0 Å². The van der Waals surface area contributed by atoms with E-state index in [2.05, 4.69) is 31.7 Å². The van der Waals surface area contributed by atoms with E-state index >= 15 is 0 Å². The van der Waals surface area contributed by atoms with Crippen LogP contribution in [0.15, 0.2) is 79.1 Å². The number of aromatic nitrogens is 7. The Morgan fingerprint density at radius 1 is 0.968 bits per heavy atom. The zero-order valence-corrected chi connectivity index (χ0v) is 17.0. The minimum Gasteiger partial charge on any atom is -0.278 e. The van der Waals surface area contributed by atoms with Gasteiger partial charge in [-0.25, -0.2) is 4.68 Å². The average Bonchev–Trinajstić information content (AvgIpc) is 3.52. The first kappa shape index (κ1) is 17.9. The van der Waals surface area contributed by atoms with Gasteiger partial charge in [0.05, 0.1) is 35.2 Å². The van der Waals surface area contributed by atoms with E-state index in [1.165, 1.54) is 0 Å². The summed E-state index contributed by atoms with van der Waals surface area (Å²) in [6.45, 7) is 0.634. The molecule has 8 heteroatoms. The molecule has 3 heterocycles. The number of rotatable bonds is 4. The normalized spacial score (nSPS) is 11.5. The van der Waals surface area contributed by atoms with Crippen molar-refractivity contribution < 1.29 is 0 Å². The van der Waals surface area contributed by atoms with Gasteiger partial charge in [0.1, 0.15) is 5.52 Å². The lowest BCUT2D eigenvalue weighted by atomic mass is 10.1. The quantitative estimate of drug-likeness (QED) is 0.437. The zero-order chi connectivity index (χ0) is 20.8. The van der Waals surface area contributed by atoms with Gasteiger partial charge in [0.2, 0.25) is 0 Å². The number of nitrogens with zero attached hydrogens (tertiary/aromatic N) is 6. The summed E-state index contributed by atoms with van der Waals surface area (Å²) >= 11 is 6.15. The third-order valence-corrected chi connectivity index (χ3v) is 5.58. The van der Waals surface area contributed by atoms with Crippen molar-refractivity contribution in [1.82, 2.24) is 35.0 Å². The van der Waals surface area contributed by atoms with Crippen LogP contribution in [0.2, 0.25) is 5.02 Å². The number of halogens is 1. The van der Waals surface area contributed by atoms with Crippen molar-refractivity contribution in [3.05, 3.63) is 89.7 Å². The molecule has 0 amide bonds. The van der Waals surface area contributed by atoms with Crippen LogP contribution in [0.25, 0.3) is 38.9 Å². The van der Waals surface area contributed by atoms with Crippen LogP contribution in [0.5, 0.6) is 0 Å². The number of hydrogen-bond donors (Lipinski definition) is 1. The zero-order valence-electron chi connectivity index (χ0n) is 16.3. The standard InChI is InChI=1S/C23H16ClN7/c24-18-3-1-2-15(10-18)14-30-22(8-9-26-30)16-5-7-20-23(11-16)31(29-28-20)19-6-4-17-13-25-27-21(17)12-19/h1-13H,14H2,(H,25,27). The second-order valence-electron chi connectivity index (χ2n) is 7.35. The predicted octanol–water partition coefficient (Wildman–Crippen LogP) is 4.86. The van der Waals surface area contributed by atoms with Gasteiger partial charge in [-0.2, -0.15) is 10.2 Å². The fourth-order valence-corrected chi connectivity index (χ4v) is 4.05. The largest absolute Gasteiger partial charge is 0.278 e. The Kier molecular flexibility index (Phi) is 4.07. The molecule has 1 N–H and O–H groups in total. The summed E-state index contributed by atoms with van der Waals surface area (Å²) in [6.07, 6.45) is 3.61. The molecule has 0 radical (unpaired) electrons. The monoisotopic (exact) mass is 425 g/mol. The molecule has 7 nitrogen and oxygen atoms in total. The number of aromatic amines is 1. The van der Waals surface area contributed by atoms with E-state index in [1.807, 2.05) is 76.2 Å². The van der Waals surface area contributed by atoms with Crippen molar-refractivity contribution in [2.45, 2.75) is 6.54 Å². The average molecular weight is 426 g/mol. The van der Waals surface area contributed by atoms with Crippen LogP contribution in [-0.2, 0) is 6.54 Å². The fourth-order valence-electron chi connectivity index (χ4n) is 3.84. The number of H-pyrrole nitrogens is 1. The van der Waals surface area contributed by atoms with Gasteiger partial charge in [-0.3, -0.25) is 9.78 Å². The van der Waals surface area contributed by atoms with Crippen LogP contribution in [-0.4, -0.2) is 35.0 Å². The second-order valence-corrected chi connectivity index (χ2v) is 7.79. The number of hydrogen-bond acceptors (Lipinski definition) is 4. The highest BCUT2D eigenvalue weighted by Gasteiger charge is 2.12. The molecule has 0 aliphatic carbocycles. The van der Waals surface area contributed by atoms with Gasteiger partial charge in [0, 0.05) is 22.2 Å². The maximum absolute atomic E-state index is 6.15. The van der Waals surface area contributed by atoms with Crippen molar-refractivity contribution in [1.29, 1.82) is 0 Å². The lowest BCUT2D eigenvalue weighted by Gasteiger charge is -2.09. The molecular formula is C23H16ClN7. The van der Waals surface area contributed by atoms with E-state index in [9.17, 15) is 0 Å². The van der Waals surface area contributed by atoms with E-state index in [4.69, 9.17) is 11.6 Å². The molecule has 3 aromatic heterocycles. The molecule has 0 spiro atoms. The minimum atomic E-state index is 0.634. The molecule has 0 unspecified atom stereocenters. The molecule has 0 aliphatic heterocycles. The van der Waals surface area contributed by atoms with Gasteiger partial charge < -0.3 is 0 Å². The molecule has 0 bridgehead atoms.